The molecule has 5 N–H and O–H groups in total. The largest absolute Gasteiger partial charge is 0.382 e. The van der Waals surface area contributed by atoms with Gasteiger partial charge in [-0.05, 0) is 128 Å². The van der Waals surface area contributed by atoms with E-state index in [1.807, 2.05) is 37.3 Å². The zero-order valence-corrected chi connectivity index (χ0v) is 28.2. The first-order valence-electron chi connectivity index (χ1n) is 17.2. The van der Waals surface area contributed by atoms with Crippen molar-refractivity contribution in [2.24, 2.45) is 5.73 Å². The average Bonchev–Trinajstić information content (AvgIpc) is 3.79. The molecule has 4 aromatic rings. The summed E-state index contributed by atoms with van der Waals surface area (Å²) in [5.74, 6) is -0.398. The Morgan fingerprint density at radius 2 is 1.26 bits per heavy atom. The van der Waals surface area contributed by atoms with Crippen LogP contribution in [0.2, 0.25) is 0 Å². The Labute approximate surface area is 280 Å². The molecule has 47 heavy (non-hydrogen) atoms. The summed E-state index contributed by atoms with van der Waals surface area (Å²) in [5.41, 5.74) is 16.2. The Morgan fingerprint density at radius 1 is 0.660 bits per heavy atom. The highest BCUT2D eigenvalue weighted by Crippen LogP contribution is 2.26. The highest BCUT2D eigenvalue weighted by Gasteiger charge is 2.16. The summed E-state index contributed by atoms with van der Waals surface area (Å²) in [6.07, 6.45) is 12.1. The molecule has 0 atom stereocenters. The lowest BCUT2D eigenvalue weighted by atomic mass is 9.96. The van der Waals surface area contributed by atoms with E-state index in [0.29, 0.717) is 17.6 Å². The summed E-state index contributed by atoms with van der Waals surface area (Å²) in [6.45, 7) is 4.14. The van der Waals surface area contributed by atoms with Gasteiger partial charge in [-0.1, -0.05) is 68.1 Å². The van der Waals surface area contributed by atoms with E-state index in [4.69, 9.17) is 5.73 Å². The van der Waals surface area contributed by atoms with E-state index in [1.54, 1.807) is 13.1 Å². The monoisotopic (exact) mass is 630 g/mol. The lowest BCUT2D eigenvalue weighted by molar-refractivity contribution is 0.0960. The number of hydrogen-bond acceptors (Lipinski definition) is 4. The van der Waals surface area contributed by atoms with Gasteiger partial charge >= 0.3 is 0 Å². The quantitative estimate of drug-likeness (QED) is 0.142. The predicted octanol–water partition coefficient (Wildman–Crippen LogP) is 8.34. The molecule has 0 bridgehead atoms. The molecule has 2 amide bonds. The number of carbonyl (C=O) groups is 2. The molecule has 0 aromatic heterocycles. The van der Waals surface area contributed by atoms with Crippen molar-refractivity contribution in [3.63, 3.8) is 0 Å². The van der Waals surface area contributed by atoms with Crippen LogP contribution in [0, 0.1) is 13.8 Å². The summed E-state index contributed by atoms with van der Waals surface area (Å²) < 4.78 is 0. The molecule has 0 aliphatic heterocycles. The predicted molar refractivity (Wildman–Crippen MR) is 195 cm³/mol. The van der Waals surface area contributed by atoms with Crippen LogP contribution in [0.3, 0.4) is 0 Å². The second-order valence-electron chi connectivity index (χ2n) is 13.2. The number of hydrogen-bond donors (Lipinski definition) is 4. The van der Waals surface area contributed by atoms with Crippen molar-refractivity contribution in [1.82, 2.24) is 5.32 Å². The number of rotatable bonds is 10. The minimum Gasteiger partial charge on any atom is -0.382 e. The topological polar surface area (TPSA) is 96.2 Å². The first-order chi connectivity index (χ1) is 22.8. The zero-order chi connectivity index (χ0) is 33.2. The van der Waals surface area contributed by atoms with Crippen molar-refractivity contribution in [3.8, 4) is 0 Å². The number of nitrogens with one attached hydrogen (secondary N) is 3. The third-order valence-electron chi connectivity index (χ3n) is 9.54. The van der Waals surface area contributed by atoms with Crippen LogP contribution in [-0.2, 0) is 12.8 Å². The normalized spacial score (nSPS) is 14.7. The molecule has 6 heteroatoms. The first kappa shape index (κ1) is 33.8. The van der Waals surface area contributed by atoms with Crippen LogP contribution in [-0.4, -0.2) is 30.9 Å². The van der Waals surface area contributed by atoms with Gasteiger partial charge in [0.15, 0.2) is 0 Å². The maximum atomic E-state index is 12.0. The van der Waals surface area contributed by atoms with E-state index < -0.39 is 0 Å². The third-order valence-corrected chi connectivity index (χ3v) is 9.54. The number of benzene rings is 4. The van der Waals surface area contributed by atoms with E-state index in [2.05, 4.69) is 71.4 Å². The molecule has 2 aliphatic carbocycles. The fourth-order valence-corrected chi connectivity index (χ4v) is 6.76. The second kappa shape index (κ2) is 16.3. The molecule has 0 radical (unpaired) electrons. The van der Waals surface area contributed by atoms with Crippen molar-refractivity contribution in [1.29, 1.82) is 0 Å². The fourth-order valence-electron chi connectivity index (χ4n) is 6.76. The minimum absolute atomic E-state index is 0.0211. The molecule has 0 unspecified atom stereocenters. The maximum Gasteiger partial charge on any atom is 0.251 e. The molecule has 0 heterocycles. The van der Waals surface area contributed by atoms with Crippen LogP contribution in [0.5, 0.6) is 0 Å². The molecule has 2 saturated carbocycles. The Hall–Kier alpha value is -4.58. The Bertz CT molecular complexity index is 1650. The number of amides is 2. The lowest BCUT2D eigenvalue weighted by Crippen LogP contribution is -2.19. The van der Waals surface area contributed by atoms with Gasteiger partial charge < -0.3 is 21.7 Å². The van der Waals surface area contributed by atoms with Gasteiger partial charge in [0.25, 0.3) is 5.91 Å². The van der Waals surface area contributed by atoms with Gasteiger partial charge in [0, 0.05) is 41.6 Å². The summed E-state index contributed by atoms with van der Waals surface area (Å²) in [4.78, 5) is 23.2. The van der Waals surface area contributed by atoms with Crippen LogP contribution in [0.4, 0.5) is 11.4 Å². The van der Waals surface area contributed by atoms with Crippen LogP contribution in [0.25, 0.3) is 0 Å². The van der Waals surface area contributed by atoms with E-state index in [-0.39, 0.29) is 11.8 Å². The van der Waals surface area contributed by atoms with Gasteiger partial charge in [-0.15, -0.1) is 0 Å². The van der Waals surface area contributed by atoms with Crippen LogP contribution in [0.15, 0.2) is 84.9 Å². The molecular formula is C41H50N4O2. The van der Waals surface area contributed by atoms with Crippen molar-refractivity contribution in [3.05, 3.63) is 129 Å². The lowest BCUT2D eigenvalue weighted by Gasteiger charge is -2.16. The zero-order valence-electron chi connectivity index (χ0n) is 28.2. The number of aryl methyl sites for hydroxylation is 2. The molecule has 6 nitrogen and oxygen atoms in total. The van der Waals surface area contributed by atoms with Crippen molar-refractivity contribution >= 4 is 23.2 Å². The van der Waals surface area contributed by atoms with E-state index in [9.17, 15) is 9.59 Å². The molecule has 6 rings (SSSR count). The van der Waals surface area contributed by atoms with Crippen molar-refractivity contribution in [2.75, 3.05) is 17.7 Å². The Morgan fingerprint density at radius 3 is 1.87 bits per heavy atom. The van der Waals surface area contributed by atoms with Crippen molar-refractivity contribution < 1.29 is 9.59 Å². The van der Waals surface area contributed by atoms with Crippen molar-refractivity contribution in [2.45, 2.75) is 90.1 Å². The van der Waals surface area contributed by atoms with E-state index >= 15 is 0 Å². The molecular weight excluding hydrogens is 580 g/mol. The third kappa shape index (κ3) is 9.71. The highest BCUT2D eigenvalue weighted by molar-refractivity contribution is 5.95. The standard InChI is InChI=1S/C22H28N2O.C19H22N2O/c1-15-8-9-17(14-21(15)22(25)23-3)13-18-10-11-20(12-16(18)2)24-19-6-4-5-7-19;20-19(22)16-5-3-4-15(13-16)12-14-8-10-18(11-9-14)21-17-6-1-2-7-17/h8-12,14,19,24H,4-7,13H2,1-3H3,(H,23,25);3-5,8-11,13,17,21H,1-2,6-7,12H2,(H2,20,22). The van der Waals surface area contributed by atoms with Gasteiger partial charge in [0.1, 0.15) is 0 Å². The second-order valence-corrected chi connectivity index (χ2v) is 13.2. The number of anilines is 2. The molecule has 0 saturated heterocycles. The number of carbonyl (C=O) groups excluding carboxylic acids is 2. The van der Waals surface area contributed by atoms with Crippen LogP contribution >= 0.6 is 0 Å². The smallest absolute Gasteiger partial charge is 0.251 e. The summed E-state index contributed by atoms with van der Waals surface area (Å²) in [6, 6.07) is 30.2. The van der Waals surface area contributed by atoms with Crippen LogP contribution in [0.1, 0.15) is 105 Å². The van der Waals surface area contributed by atoms with Crippen LogP contribution < -0.4 is 21.7 Å². The average molecular weight is 631 g/mol. The van der Waals surface area contributed by atoms with Gasteiger partial charge in [-0.25, -0.2) is 0 Å². The summed E-state index contributed by atoms with van der Waals surface area (Å²) >= 11 is 0. The van der Waals surface area contributed by atoms with Gasteiger partial charge in [-0.2, -0.15) is 0 Å². The SMILES string of the molecule is CNC(=O)c1cc(Cc2ccc(NC3CCCC3)cc2C)ccc1C.NC(=O)c1cccc(Cc2ccc(NC3CCCC3)cc2)c1. The van der Waals surface area contributed by atoms with E-state index in [0.717, 1.165) is 29.5 Å². The van der Waals surface area contributed by atoms with Gasteiger partial charge in [-0.3, -0.25) is 9.59 Å². The molecule has 0 spiro atoms. The van der Waals surface area contributed by atoms with E-state index in [1.165, 1.54) is 85.0 Å². The number of nitrogens with two attached hydrogens (primary N) is 1. The van der Waals surface area contributed by atoms with Gasteiger partial charge in [0.05, 0.1) is 0 Å². The molecule has 246 valence electrons. The molecule has 4 aromatic carbocycles. The fraction of sp³-hybridized carbons (Fsp3) is 0.366. The first-order valence-corrected chi connectivity index (χ1v) is 17.2. The number of primary amides is 1. The minimum atomic E-state index is -0.377. The van der Waals surface area contributed by atoms with Gasteiger partial charge in [0.2, 0.25) is 5.91 Å². The maximum absolute atomic E-state index is 12.0. The molecule has 2 fully saturated rings. The summed E-state index contributed by atoms with van der Waals surface area (Å²) in [7, 11) is 1.68. The highest BCUT2D eigenvalue weighted by atomic mass is 16.1. The molecule has 2 aliphatic rings. The Kier molecular flexibility index (Phi) is 11.7. The Balaban J connectivity index is 0.000000186. The summed E-state index contributed by atoms with van der Waals surface area (Å²) in [5, 5.41) is 9.97.